The van der Waals surface area contributed by atoms with E-state index in [-0.39, 0.29) is 35.2 Å². The standard InChI is InChI=1S/C26H26F4N4O/c27-20-7-5-17(6-8-20)23-19(15-32-33-23)16-34-11-9-25(10-12-34)13-22(25)24(35)31-14-18-3-1-2-4-21(18)26(28,29)30/h1-8,15,22H,9-14,16H2,(H,31,35)(H,32,33). The van der Waals surface area contributed by atoms with Gasteiger partial charge >= 0.3 is 6.18 Å². The zero-order chi connectivity index (χ0) is 24.6. The van der Waals surface area contributed by atoms with Crippen molar-refractivity contribution < 1.29 is 22.4 Å². The van der Waals surface area contributed by atoms with E-state index in [1.807, 2.05) is 0 Å². The molecule has 2 N–H and O–H groups in total. The number of benzene rings is 2. The summed E-state index contributed by atoms with van der Waals surface area (Å²) in [5, 5.41) is 9.89. The van der Waals surface area contributed by atoms with E-state index in [1.54, 1.807) is 24.4 Å². The number of carbonyl (C=O) groups excluding carboxylic acids is 1. The van der Waals surface area contributed by atoms with E-state index in [9.17, 15) is 22.4 Å². The van der Waals surface area contributed by atoms with E-state index in [0.29, 0.717) is 6.54 Å². The molecule has 2 aliphatic rings. The second-order valence-corrected chi connectivity index (χ2v) is 9.55. The maximum atomic E-state index is 13.3. The van der Waals surface area contributed by atoms with Crippen molar-refractivity contribution in [1.82, 2.24) is 20.4 Å². The number of hydrogen-bond acceptors (Lipinski definition) is 3. The molecule has 1 aliphatic heterocycles. The van der Waals surface area contributed by atoms with Crippen LogP contribution in [-0.2, 0) is 24.1 Å². The van der Waals surface area contributed by atoms with Gasteiger partial charge in [-0.05, 0) is 73.7 Å². The number of halogens is 4. The van der Waals surface area contributed by atoms with Crippen LogP contribution in [0, 0.1) is 17.2 Å². The minimum Gasteiger partial charge on any atom is -0.352 e. The summed E-state index contributed by atoms with van der Waals surface area (Å²) in [6.45, 7) is 2.23. The number of H-pyrrole nitrogens is 1. The molecule has 35 heavy (non-hydrogen) atoms. The fourth-order valence-corrected chi connectivity index (χ4v) is 5.22. The summed E-state index contributed by atoms with van der Waals surface area (Å²) < 4.78 is 52.9. The molecular weight excluding hydrogens is 460 g/mol. The van der Waals surface area contributed by atoms with Crippen LogP contribution in [0.25, 0.3) is 11.3 Å². The van der Waals surface area contributed by atoms with E-state index in [2.05, 4.69) is 20.4 Å². The molecule has 1 saturated heterocycles. The highest BCUT2D eigenvalue weighted by Gasteiger charge is 2.58. The van der Waals surface area contributed by atoms with Crippen molar-refractivity contribution in [2.75, 3.05) is 13.1 Å². The molecular formula is C26H26F4N4O. The molecule has 184 valence electrons. The topological polar surface area (TPSA) is 61.0 Å². The van der Waals surface area contributed by atoms with Gasteiger partial charge in [0, 0.05) is 30.1 Å². The molecule has 1 amide bonds. The monoisotopic (exact) mass is 486 g/mol. The van der Waals surface area contributed by atoms with Gasteiger partial charge in [0.25, 0.3) is 0 Å². The SMILES string of the molecule is O=C(NCc1ccccc1C(F)(F)F)C1CC12CCN(Cc1cn[nH]c1-c1ccc(F)cc1)CC2. The highest BCUT2D eigenvalue weighted by atomic mass is 19.4. The van der Waals surface area contributed by atoms with Crippen molar-refractivity contribution in [3.63, 3.8) is 0 Å². The largest absolute Gasteiger partial charge is 0.416 e. The molecule has 0 radical (unpaired) electrons. The summed E-state index contributed by atoms with van der Waals surface area (Å²) in [7, 11) is 0. The molecule has 1 unspecified atom stereocenters. The predicted octanol–water partition coefficient (Wildman–Crippen LogP) is 5.15. The van der Waals surface area contributed by atoms with Gasteiger partial charge in [0.1, 0.15) is 5.82 Å². The molecule has 1 aliphatic carbocycles. The molecule has 5 nitrogen and oxygen atoms in total. The number of likely N-dealkylation sites (tertiary alicyclic amines) is 1. The maximum Gasteiger partial charge on any atom is 0.416 e. The minimum atomic E-state index is -4.44. The van der Waals surface area contributed by atoms with Crippen LogP contribution in [0.3, 0.4) is 0 Å². The average molecular weight is 487 g/mol. The van der Waals surface area contributed by atoms with Gasteiger partial charge in [0.15, 0.2) is 0 Å². The van der Waals surface area contributed by atoms with Crippen LogP contribution in [0.1, 0.15) is 36.0 Å². The summed E-state index contributed by atoms with van der Waals surface area (Å²) in [5.41, 5.74) is 2.08. The van der Waals surface area contributed by atoms with Gasteiger partial charge in [-0.2, -0.15) is 18.3 Å². The van der Waals surface area contributed by atoms with Gasteiger partial charge in [0.2, 0.25) is 5.91 Å². The number of nitrogens with zero attached hydrogens (tertiary/aromatic N) is 2. The first-order valence-corrected chi connectivity index (χ1v) is 11.7. The number of piperidine rings is 1. The van der Waals surface area contributed by atoms with Crippen LogP contribution in [0.2, 0.25) is 0 Å². The number of nitrogens with one attached hydrogen (secondary N) is 2. The Bertz CT molecular complexity index is 1200. The van der Waals surface area contributed by atoms with Crippen molar-refractivity contribution in [1.29, 1.82) is 0 Å². The number of rotatable bonds is 6. The smallest absolute Gasteiger partial charge is 0.352 e. The van der Waals surface area contributed by atoms with Crippen molar-refractivity contribution in [3.8, 4) is 11.3 Å². The van der Waals surface area contributed by atoms with Gasteiger partial charge in [-0.15, -0.1) is 0 Å². The van der Waals surface area contributed by atoms with Crippen LogP contribution < -0.4 is 5.32 Å². The first-order valence-electron chi connectivity index (χ1n) is 11.7. The lowest BCUT2D eigenvalue weighted by Crippen LogP contribution is -2.36. The molecule has 1 spiro atoms. The van der Waals surface area contributed by atoms with E-state index in [4.69, 9.17) is 0 Å². The van der Waals surface area contributed by atoms with Crippen molar-refractivity contribution in [3.05, 3.63) is 77.2 Å². The number of aromatic nitrogens is 2. The average Bonchev–Trinajstić information content (AvgIpc) is 3.34. The summed E-state index contributed by atoms with van der Waals surface area (Å²) in [4.78, 5) is 15.0. The molecule has 2 heterocycles. The lowest BCUT2D eigenvalue weighted by Gasteiger charge is -2.32. The highest BCUT2D eigenvalue weighted by Crippen LogP contribution is 2.59. The molecule has 1 saturated carbocycles. The molecule has 0 bridgehead atoms. The quantitative estimate of drug-likeness (QED) is 0.474. The highest BCUT2D eigenvalue weighted by molar-refractivity contribution is 5.82. The normalized spacial score (nSPS) is 19.6. The molecule has 2 aromatic carbocycles. The Labute approximate surface area is 200 Å². The lowest BCUT2D eigenvalue weighted by molar-refractivity contribution is -0.138. The zero-order valence-corrected chi connectivity index (χ0v) is 19.0. The Morgan fingerprint density at radius 3 is 2.51 bits per heavy atom. The molecule has 9 heteroatoms. The van der Waals surface area contributed by atoms with Gasteiger partial charge in [0.05, 0.1) is 17.5 Å². The number of aromatic amines is 1. The van der Waals surface area contributed by atoms with Crippen LogP contribution in [-0.4, -0.2) is 34.1 Å². The first-order chi connectivity index (χ1) is 16.7. The summed E-state index contributed by atoms with van der Waals surface area (Å²) in [6.07, 6.45) is -0.141. The Morgan fingerprint density at radius 1 is 1.09 bits per heavy atom. The fourth-order valence-electron chi connectivity index (χ4n) is 5.22. The molecule has 2 fully saturated rings. The number of alkyl halides is 3. The molecule has 1 atom stereocenters. The maximum absolute atomic E-state index is 13.3. The summed E-state index contributed by atoms with van der Waals surface area (Å²) >= 11 is 0. The number of amides is 1. The van der Waals surface area contributed by atoms with Crippen LogP contribution >= 0.6 is 0 Å². The van der Waals surface area contributed by atoms with E-state index < -0.39 is 11.7 Å². The van der Waals surface area contributed by atoms with E-state index in [1.165, 1.54) is 24.3 Å². The molecule has 3 aromatic rings. The molecule has 5 rings (SSSR count). The third-order valence-corrected chi connectivity index (χ3v) is 7.38. The molecule has 1 aromatic heterocycles. The van der Waals surface area contributed by atoms with Crippen molar-refractivity contribution >= 4 is 5.91 Å². The van der Waals surface area contributed by atoms with E-state index in [0.717, 1.165) is 55.2 Å². The Hall–Kier alpha value is -3.20. The number of hydrogen-bond donors (Lipinski definition) is 2. The first kappa shape index (κ1) is 23.5. The Balaban J connectivity index is 1.14. The fraction of sp³-hybridized carbons (Fsp3) is 0.385. The van der Waals surface area contributed by atoms with Crippen molar-refractivity contribution in [2.24, 2.45) is 11.3 Å². The van der Waals surface area contributed by atoms with Gasteiger partial charge in [-0.25, -0.2) is 4.39 Å². The minimum absolute atomic E-state index is 0.0552. The summed E-state index contributed by atoms with van der Waals surface area (Å²) in [5.74, 6) is -0.598. The second-order valence-electron chi connectivity index (χ2n) is 9.55. The second kappa shape index (κ2) is 9.11. The van der Waals surface area contributed by atoms with Gasteiger partial charge in [-0.1, -0.05) is 18.2 Å². The lowest BCUT2D eigenvalue weighted by atomic mass is 9.90. The summed E-state index contributed by atoms with van der Waals surface area (Å²) in [6, 6.07) is 11.6. The predicted molar refractivity (Wildman–Crippen MR) is 122 cm³/mol. The zero-order valence-electron chi connectivity index (χ0n) is 19.0. The Kier molecular flexibility index (Phi) is 6.13. The van der Waals surface area contributed by atoms with Crippen molar-refractivity contribution in [2.45, 2.75) is 38.5 Å². The van der Waals surface area contributed by atoms with Crippen LogP contribution in [0.15, 0.2) is 54.7 Å². The van der Waals surface area contributed by atoms with Crippen LogP contribution in [0.5, 0.6) is 0 Å². The number of carbonyl (C=O) groups is 1. The third kappa shape index (κ3) is 4.96. The Morgan fingerprint density at radius 2 is 1.80 bits per heavy atom. The van der Waals surface area contributed by atoms with Gasteiger partial charge in [-0.3, -0.25) is 14.8 Å². The van der Waals surface area contributed by atoms with E-state index >= 15 is 0 Å². The van der Waals surface area contributed by atoms with Crippen LogP contribution in [0.4, 0.5) is 17.6 Å². The third-order valence-electron chi connectivity index (χ3n) is 7.38. The van der Waals surface area contributed by atoms with Gasteiger partial charge < -0.3 is 5.32 Å².